The van der Waals surface area contributed by atoms with Crippen molar-refractivity contribution >= 4 is 6.09 Å². The van der Waals surface area contributed by atoms with E-state index in [0.29, 0.717) is 12.6 Å². The molecule has 2 aliphatic rings. The molecule has 16 heavy (non-hydrogen) atoms. The Labute approximate surface area is 97.5 Å². The molecule has 0 radical (unpaired) electrons. The number of ether oxygens (including phenoxy) is 1. The molecule has 2 fully saturated rings. The zero-order valence-electron chi connectivity index (χ0n) is 9.86. The van der Waals surface area contributed by atoms with Gasteiger partial charge in [-0.3, -0.25) is 0 Å². The molecule has 0 N–H and O–H groups in total. The van der Waals surface area contributed by atoms with Crippen LogP contribution in [0.3, 0.4) is 0 Å². The number of likely N-dealkylation sites (tertiary alicyclic amines) is 1. The summed E-state index contributed by atoms with van der Waals surface area (Å²) in [5, 5.41) is 0. The average molecular weight is 223 g/mol. The maximum absolute atomic E-state index is 11.9. The third kappa shape index (κ3) is 2.39. The molecule has 3 heteroatoms. The number of carbonyl (C=O) groups excluding carboxylic acids is 1. The Bertz CT molecular complexity index is 263. The summed E-state index contributed by atoms with van der Waals surface area (Å²) in [5.74, 6) is 0.721. The van der Waals surface area contributed by atoms with Gasteiger partial charge in [0.2, 0.25) is 0 Å². The quantitative estimate of drug-likeness (QED) is 0.673. The maximum Gasteiger partial charge on any atom is 0.410 e. The fourth-order valence-electron chi connectivity index (χ4n) is 3.06. The van der Waals surface area contributed by atoms with Crippen molar-refractivity contribution in [3.8, 4) is 0 Å². The van der Waals surface area contributed by atoms with Gasteiger partial charge in [0.15, 0.2) is 0 Å². The normalized spacial score (nSPS) is 29.4. The Morgan fingerprint density at radius 1 is 1.31 bits per heavy atom. The zero-order chi connectivity index (χ0) is 11.4. The van der Waals surface area contributed by atoms with Gasteiger partial charge in [0.05, 0.1) is 0 Å². The molecule has 2 rings (SSSR count). The molecule has 0 spiro atoms. The van der Waals surface area contributed by atoms with Crippen LogP contribution in [0, 0.1) is 5.92 Å². The summed E-state index contributed by atoms with van der Waals surface area (Å²) in [6, 6.07) is 0.444. The first-order valence-electron chi connectivity index (χ1n) is 6.37. The van der Waals surface area contributed by atoms with E-state index in [4.69, 9.17) is 4.74 Å². The summed E-state index contributed by atoms with van der Waals surface area (Å²) < 4.78 is 5.15. The van der Waals surface area contributed by atoms with Gasteiger partial charge in [-0.15, -0.1) is 0 Å². The predicted molar refractivity (Wildman–Crippen MR) is 63.2 cm³/mol. The number of hydrogen-bond donors (Lipinski definition) is 0. The molecule has 1 saturated carbocycles. The van der Waals surface area contributed by atoms with Crippen LogP contribution in [-0.4, -0.2) is 30.2 Å². The molecule has 0 unspecified atom stereocenters. The molecule has 1 heterocycles. The molecule has 90 valence electrons. The highest BCUT2D eigenvalue weighted by atomic mass is 16.6. The molecule has 2 atom stereocenters. The van der Waals surface area contributed by atoms with E-state index in [1.165, 1.54) is 25.7 Å². The minimum Gasteiger partial charge on any atom is -0.445 e. The minimum atomic E-state index is -0.142. The lowest BCUT2D eigenvalue weighted by Gasteiger charge is -2.43. The molecule has 1 saturated heterocycles. The summed E-state index contributed by atoms with van der Waals surface area (Å²) in [4.78, 5) is 13.8. The van der Waals surface area contributed by atoms with Gasteiger partial charge in [0, 0.05) is 12.6 Å². The van der Waals surface area contributed by atoms with Crippen LogP contribution in [0.25, 0.3) is 0 Å². The fraction of sp³-hybridized carbons (Fsp3) is 0.769. The van der Waals surface area contributed by atoms with Gasteiger partial charge in [0.1, 0.15) is 6.61 Å². The Morgan fingerprint density at radius 2 is 2.06 bits per heavy atom. The Morgan fingerprint density at radius 3 is 2.88 bits per heavy atom. The second kappa shape index (κ2) is 5.37. The third-order valence-electron chi connectivity index (χ3n) is 3.80. The highest BCUT2D eigenvalue weighted by Gasteiger charge is 2.36. The molecule has 1 aliphatic carbocycles. The van der Waals surface area contributed by atoms with E-state index >= 15 is 0 Å². The third-order valence-corrected chi connectivity index (χ3v) is 3.80. The molecule has 0 bridgehead atoms. The first kappa shape index (κ1) is 11.5. The fourth-order valence-corrected chi connectivity index (χ4v) is 3.06. The molecule has 0 aromatic rings. The lowest BCUT2D eigenvalue weighted by atomic mass is 9.78. The van der Waals surface area contributed by atoms with Gasteiger partial charge >= 0.3 is 6.09 Å². The maximum atomic E-state index is 11.9. The van der Waals surface area contributed by atoms with Gasteiger partial charge in [-0.1, -0.05) is 25.5 Å². The van der Waals surface area contributed by atoms with Crippen LogP contribution in [0.5, 0.6) is 0 Å². The summed E-state index contributed by atoms with van der Waals surface area (Å²) >= 11 is 0. The van der Waals surface area contributed by atoms with Crippen molar-refractivity contribution in [2.45, 2.75) is 44.6 Å². The number of carbonyl (C=O) groups is 1. The van der Waals surface area contributed by atoms with Crippen LogP contribution in [0.4, 0.5) is 4.79 Å². The average Bonchev–Trinajstić information content (AvgIpc) is 2.35. The molecule has 1 aliphatic heterocycles. The number of nitrogens with zero attached hydrogens (tertiary/aromatic N) is 1. The van der Waals surface area contributed by atoms with Gasteiger partial charge in [-0.05, 0) is 31.6 Å². The van der Waals surface area contributed by atoms with E-state index in [0.717, 1.165) is 25.3 Å². The second-order valence-electron chi connectivity index (χ2n) is 4.81. The van der Waals surface area contributed by atoms with Crippen LogP contribution < -0.4 is 0 Å². The van der Waals surface area contributed by atoms with Crippen LogP contribution in [0.15, 0.2) is 12.7 Å². The van der Waals surface area contributed by atoms with Crippen molar-refractivity contribution in [1.29, 1.82) is 0 Å². The predicted octanol–water partition coefficient (Wildman–Crippen LogP) is 2.96. The number of rotatable bonds is 2. The first-order chi connectivity index (χ1) is 7.83. The lowest BCUT2D eigenvalue weighted by molar-refractivity contribution is 0.0422. The second-order valence-corrected chi connectivity index (χ2v) is 4.81. The summed E-state index contributed by atoms with van der Waals surface area (Å²) in [6.07, 6.45) is 8.93. The van der Waals surface area contributed by atoms with Crippen molar-refractivity contribution in [2.75, 3.05) is 13.2 Å². The zero-order valence-corrected chi connectivity index (χ0v) is 9.86. The van der Waals surface area contributed by atoms with Crippen molar-refractivity contribution in [1.82, 2.24) is 4.90 Å². The summed E-state index contributed by atoms with van der Waals surface area (Å²) in [5.41, 5.74) is 0. The van der Waals surface area contributed by atoms with Crippen molar-refractivity contribution in [3.05, 3.63) is 12.7 Å². The number of fused-ring (bicyclic) bond motifs is 1. The Balaban J connectivity index is 1.96. The SMILES string of the molecule is C=CCOC(=O)N1CCC[C@@H]2CCCC[C@@H]21. The molecule has 0 aromatic carbocycles. The first-order valence-corrected chi connectivity index (χ1v) is 6.37. The van der Waals surface area contributed by atoms with E-state index in [9.17, 15) is 4.79 Å². The van der Waals surface area contributed by atoms with Crippen LogP contribution in [0.1, 0.15) is 38.5 Å². The molecule has 1 amide bonds. The summed E-state index contributed by atoms with van der Waals surface area (Å²) in [6.45, 7) is 4.76. The van der Waals surface area contributed by atoms with Crippen LogP contribution in [-0.2, 0) is 4.74 Å². The number of piperidine rings is 1. The number of amides is 1. The van der Waals surface area contributed by atoms with E-state index in [-0.39, 0.29) is 6.09 Å². The largest absolute Gasteiger partial charge is 0.445 e. The van der Waals surface area contributed by atoms with E-state index in [2.05, 4.69) is 6.58 Å². The van der Waals surface area contributed by atoms with Gasteiger partial charge in [0.25, 0.3) is 0 Å². The van der Waals surface area contributed by atoms with Gasteiger partial charge in [-0.25, -0.2) is 4.79 Å². The number of hydrogen-bond acceptors (Lipinski definition) is 2. The molecular formula is C13H21NO2. The Kier molecular flexibility index (Phi) is 3.86. The van der Waals surface area contributed by atoms with Gasteiger partial charge in [-0.2, -0.15) is 0 Å². The van der Waals surface area contributed by atoms with Gasteiger partial charge < -0.3 is 9.64 Å². The standard InChI is InChI=1S/C13H21NO2/c1-2-10-16-13(15)14-9-5-7-11-6-3-4-8-12(11)14/h2,11-12H,1,3-10H2/t11-,12-/m0/s1. The van der Waals surface area contributed by atoms with Crippen molar-refractivity contribution in [3.63, 3.8) is 0 Å². The van der Waals surface area contributed by atoms with Crippen LogP contribution >= 0.6 is 0 Å². The van der Waals surface area contributed by atoms with E-state index in [1.54, 1.807) is 6.08 Å². The highest BCUT2D eigenvalue weighted by molar-refractivity contribution is 5.68. The van der Waals surface area contributed by atoms with Crippen molar-refractivity contribution < 1.29 is 9.53 Å². The topological polar surface area (TPSA) is 29.5 Å². The molecule has 0 aromatic heterocycles. The van der Waals surface area contributed by atoms with E-state index < -0.39 is 0 Å². The molecular weight excluding hydrogens is 202 g/mol. The smallest absolute Gasteiger partial charge is 0.410 e. The highest BCUT2D eigenvalue weighted by Crippen LogP contribution is 2.35. The van der Waals surface area contributed by atoms with Crippen LogP contribution in [0.2, 0.25) is 0 Å². The minimum absolute atomic E-state index is 0.142. The molecule has 3 nitrogen and oxygen atoms in total. The summed E-state index contributed by atoms with van der Waals surface area (Å²) in [7, 11) is 0. The van der Waals surface area contributed by atoms with Crippen molar-refractivity contribution in [2.24, 2.45) is 5.92 Å². The van der Waals surface area contributed by atoms with E-state index in [1.807, 2.05) is 4.90 Å². The Hall–Kier alpha value is -0.990. The monoisotopic (exact) mass is 223 g/mol. The lowest BCUT2D eigenvalue weighted by Crippen LogP contribution is -2.49.